The summed E-state index contributed by atoms with van der Waals surface area (Å²) >= 11 is 0. The van der Waals surface area contributed by atoms with Crippen LogP contribution in [0.4, 0.5) is 10.3 Å². The van der Waals surface area contributed by atoms with Gasteiger partial charge >= 0.3 is 0 Å². The number of nitrogens with one attached hydrogen (secondary N) is 1. The van der Waals surface area contributed by atoms with E-state index in [-0.39, 0.29) is 5.82 Å². The van der Waals surface area contributed by atoms with Crippen molar-refractivity contribution in [3.05, 3.63) is 24.1 Å². The second-order valence-corrected chi connectivity index (χ2v) is 5.14. The molecule has 0 spiro atoms. The molecule has 2 aromatic heterocycles. The van der Waals surface area contributed by atoms with Crippen LogP contribution in [-0.4, -0.2) is 41.3 Å². The van der Waals surface area contributed by atoms with Crippen molar-refractivity contribution >= 4 is 11.6 Å². The van der Waals surface area contributed by atoms with Crippen molar-refractivity contribution in [1.82, 2.24) is 19.9 Å². The van der Waals surface area contributed by atoms with E-state index in [1.165, 1.54) is 29.6 Å². The Morgan fingerprint density at radius 2 is 2.21 bits per heavy atom. The molecule has 1 fully saturated rings. The molecule has 6 heteroatoms. The van der Waals surface area contributed by atoms with E-state index in [2.05, 4.69) is 20.3 Å². The fraction of sp³-hybridized carbons (Fsp3) is 0.538. The zero-order chi connectivity index (χ0) is 13.2. The third kappa shape index (κ3) is 2.68. The van der Waals surface area contributed by atoms with E-state index >= 15 is 0 Å². The topological polar surface area (TPSA) is 45.5 Å². The standard InChI is InChI=1S/C13H18FN5/c1-18(8-10-4-6-15-7-5-10)13-16-12-3-2-11(14)9-19(12)17-13/h2-3,9-10,15H,4-8H2,1H3. The van der Waals surface area contributed by atoms with Gasteiger partial charge in [0.05, 0.1) is 6.20 Å². The van der Waals surface area contributed by atoms with Crippen molar-refractivity contribution in [3.63, 3.8) is 0 Å². The summed E-state index contributed by atoms with van der Waals surface area (Å²) in [5, 5.41) is 7.67. The number of hydrogen-bond donors (Lipinski definition) is 1. The van der Waals surface area contributed by atoms with Gasteiger partial charge in [-0.25, -0.2) is 8.91 Å². The lowest BCUT2D eigenvalue weighted by molar-refractivity contribution is 0.377. The minimum atomic E-state index is -0.301. The number of nitrogens with zero attached hydrogens (tertiary/aromatic N) is 4. The summed E-state index contributed by atoms with van der Waals surface area (Å²) in [5.41, 5.74) is 0.675. The van der Waals surface area contributed by atoms with Gasteiger partial charge in [-0.3, -0.25) is 0 Å². The number of aromatic nitrogens is 3. The minimum absolute atomic E-state index is 0.301. The molecule has 2 aromatic rings. The Bertz CT molecular complexity index is 561. The third-order valence-electron chi connectivity index (χ3n) is 3.62. The van der Waals surface area contributed by atoms with Crippen LogP contribution in [0, 0.1) is 11.7 Å². The van der Waals surface area contributed by atoms with Crippen LogP contribution in [-0.2, 0) is 0 Å². The number of hydrogen-bond acceptors (Lipinski definition) is 4. The molecule has 19 heavy (non-hydrogen) atoms. The zero-order valence-corrected chi connectivity index (χ0v) is 11.0. The first kappa shape index (κ1) is 12.3. The minimum Gasteiger partial charge on any atom is -0.342 e. The quantitative estimate of drug-likeness (QED) is 0.907. The van der Waals surface area contributed by atoms with Crippen LogP contribution in [0.25, 0.3) is 5.65 Å². The maximum atomic E-state index is 13.1. The molecule has 102 valence electrons. The van der Waals surface area contributed by atoms with Gasteiger partial charge in [0.1, 0.15) is 5.82 Å². The molecule has 0 amide bonds. The monoisotopic (exact) mass is 263 g/mol. The molecule has 0 radical (unpaired) electrons. The van der Waals surface area contributed by atoms with E-state index in [0.29, 0.717) is 17.5 Å². The molecule has 3 heterocycles. The largest absolute Gasteiger partial charge is 0.342 e. The van der Waals surface area contributed by atoms with Gasteiger partial charge in [-0.1, -0.05) is 0 Å². The molecular weight excluding hydrogens is 245 g/mol. The fourth-order valence-electron chi connectivity index (χ4n) is 2.54. The van der Waals surface area contributed by atoms with E-state index in [4.69, 9.17) is 0 Å². The molecule has 1 aliphatic rings. The summed E-state index contributed by atoms with van der Waals surface area (Å²) in [6.07, 6.45) is 3.73. The summed E-state index contributed by atoms with van der Waals surface area (Å²) < 4.78 is 14.6. The van der Waals surface area contributed by atoms with Crippen molar-refractivity contribution in [2.45, 2.75) is 12.8 Å². The van der Waals surface area contributed by atoms with Gasteiger partial charge < -0.3 is 10.2 Å². The lowest BCUT2D eigenvalue weighted by Crippen LogP contribution is -2.34. The molecule has 0 aliphatic carbocycles. The van der Waals surface area contributed by atoms with Gasteiger partial charge in [0.15, 0.2) is 5.65 Å². The molecule has 0 unspecified atom stereocenters. The molecular formula is C13H18FN5. The molecule has 1 N–H and O–H groups in total. The maximum absolute atomic E-state index is 13.1. The second kappa shape index (κ2) is 5.13. The van der Waals surface area contributed by atoms with E-state index in [0.717, 1.165) is 19.6 Å². The average Bonchev–Trinajstić information content (AvgIpc) is 2.83. The Balaban J connectivity index is 1.75. The van der Waals surface area contributed by atoms with Crippen molar-refractivity contribution in [3.8, 4) is 0 Å². The van der Waals surface area contributed by atoms with Crippen LogP contribution >= 0.6 is 0 Å². The van der Waals surface area contributed by atoms with E-state index < -0.39 is 0 Å². The van der Waals surface area contributed by atoms with Crippen molar-refractivity contribution < 1.29 is 4.39 Å². The van der Waals surface area contributed by atoms with E-state index in [1.807, 2.05) is 7.05 Å². The van der Waals surface area contributed by atoms with Crippen LogP contribution in [0.2, 0.25) is 0 Å². The van der Waals surface area contributed by atoms with Crippen molar-refractivity contribution in [2.24, 2.45) is 5.92 Å². The summed E-state index contributed by atoms with van der Waals surface area (Å²) in [6.45, 7) is 3.12. The third-order valence-corrected chi connectivity index (χ3v) is 3.62. The predicted octanol–water partition coefficient (Wildman–Crippen LogP) is 1.30. The van der Waals surface area contributed by atoms with Crippen molar-refractivity contribution in [1.29, 1.82) is 0 Å². The maximum Gasteiger partial charge on any atom is 0.245 e. The van der Waals surface area contributed by atoms with Gasteiger partial charge in [0.2, 0.25) is 5.95 Å². The molecule has 0 aromatic carbocycles. The van der Waals surface area contributed by atoms with E-state index in [9.17, 15) is 4.39 Å². The second-order valence-electron chi connectivity index (χ2n) is 5.14. The molecule has 3 rings (SSSR count). The van der Waals surface area contributed by atoms with Gasteiger partial charge in [0, 0.05) is 13.6 Å². The Morgan fingerprint density at radius 3 is 3.00 bits per heavy atom. The summed E-state index contributed by atoms with van der Waals surface area (Å²) in [5.74, 6) is 1.03. The molecule has 0 saturated carbocycles. The van der Waals surface area contributed by atoms with E-state index in [1.54, 1.807) is 6.07 Å². The highest BCUT2D eigenvalue weighted by atomic mass is 19.1. The molecule has 0 atom stereocenters. The molecule has 1 aliphatic heterocycles. The first-order valence-corrected chi connectivity index (χ1v) is 6.66. The molecule has 5 nitrogen and oxygen atoms in total. The first-order chi connectivity index (χ1) is 9.22. The number of halogens is 1. The zero-order valence-electron chi connectivity index (χ0n) is 11.0. The first-order valence-electron chi connectivity index (χ1n) is 6.66. The highest BCUT2D eigenvalue weighted by molar-refractivity contribution is 5.44. The summed E-state index contributed by atoms with van der Waals surface area (Å²) in [4.78, 5) is 6.47. The van der Waals surface area contributed by atoms with Gasteiger partial charge in [-0.05, 0) is 44.0 Å². The highest BCUT2D eigenvalue weighted by Crippen LogP contribution is 2.16. The number of piperidine rings is 1. The van der Waals surface area contributed by atoms with Gasteiger partial charge in [0.25, 0.3) is 0 Å². The average molecular weight is 263 g/mol. The Labute approximate surface area is 111 Å². The van der Waals surface area contributed by atoms with Gasteiger partial charge in [-0.15, -0.1) is 5.10 Å². The van der Waals surface area contributed by atoms with Crippen LogP contribution < -0.4 is 10.2 Å². The SMILES string of the molecule is CN(CC1CCNCC1)c1nc2ccc(F)cn2n1. The highest BCUT2D eigenvalue weighted by Gasteiger charge is 2.17. The normalized spacial score (nSPS) is 16.9. The molecule has 0 bridgehead atoms. The van der Waals surface area contributed by atoms with Gasteiger partial charge in [-0.2, -0.15) is 4.98 Å². The summed E-state index contributed by atoms with van der Waals surface area (Å²) in [6, 6.07) is 3.05. The number of rotatable bonds is 3. The number of fused-ring (bicyclic) bond motifs is 1. The van der Waals surface area contributed by atoms with Crippen molar-refractivity contribution in [2.75, 3.05) is 31.6 Å². The fourth-order valence-corrected chi connectivity index (χ4v) is 2.54. The Kier molecular flexibility index (Phi) is 3.33. The Morgan fingerprint density at radius 1 is 1.42 bits per heavy atom. The lowest BCUT2D eigenvalue weighted by Gasteiger charge is -2.26. The van der Waals surface area contributed by atoms with Crippen LogP contribution in [0.3, 0.4) is 0 Å². The number of anilines is 1. The smallest absolute Gasteiger partial charge is 0.245 e. The van der Waals surface area contributed by atoms with Crippen LogP contribution in [0.1, 0.15) is 12.8 Å². The predicted molar refractivity (Wildman–Crippen MR) is 71.8 cm³/mol. The number of pyridine rings is 1. The lowest BCUT2D eigenvalue weighted by atomic mass is 9.98. The molecule has 1 saturated heterocycles. The Hall–Kier alpha value is -1.69. The summed E-state index contributed by atoms with van der Waals surface area (Å²) in [7, 11) is 1.99. The van der Waals surface area contributed by atoms with Crippen LogP contribution in [0.5, 0.6) is 0 Å². The van der Waals surface area contributed by atoms with Crippen LogP contribution in [0.15, 0.2) is 18.3 Å².